The van der Waals surface area contributed by atoms with Crippen LogP contribution in [0.15, 0.2) is 29.2 Å². The zero-order valence-corrected chi connectivity index (χ0v) is 11.3. The maximum Gasteiger partial charge on any atom is 0.251 e. The van der Waals surface area contributed by atoms with Crippen molar-refractivity contribution in [3.05, 3.63) is 29.8 Å². The molecule has 0 unspecified atom stereocenters. The van der Waals surface area contributed by atoms with Crippen molar-refractivity contribution >= 4 is 17.7 Å². The molecule has 0 aliphatic rings. The Morgan fingerprint density at radius 2 is 1.88 bits per heavy atom. The van der Waals surface area contributed by atoms with Crippen LogP contribution in [0.2, 0.25) is 0 Å². The number of hydrogen-bond acceptors (Lipinski definition) is 3. The maximum absolute atomic E-state index is 11.7. The highest BCUT2D eigenvalue weighted by atomic mass is 32.2. The highest BCUT2D eigenvalue weighted by molar-refractivity contribution is 7.98. The first-order valence-electron chi connectivity index (χ1n) is 5.91. The lowest BCUT2D eigenvalue weighted by Gasteiger charge is -2.06. The second-order valence-electron chi connectivity index (χ2n) is 3.73. The van der Waals surface area contributed by atoms with Crippen molar-refractivity contribution in [2.75, 3.05) is 25.9 Å². The minimum atomic E-state index is -0.00375. The Labute approximate surface area is 107 Å². The van der Waals surface area contributed by atoms with E-state index in [0.717, 1.165) is 25.1 Å². The van der Waals surface area contributed by atoms with Gasteiger partial charge in [0, 0.05) is 23.5 Å². The molecule has 3 nitrogen and oxygen atoms in total. The molecule has 0 aliphatic carbocycles. The number of amides is 1. The Hall–Kier alpha value is -1.00. The monoisotopic (exact) mass is 252 g/mol. The smallest absolute Gasteiger partial charge is 0.251 e. The zero-order chi connectivity index (χ0) is 12.5. The molecule has 0 radical (unpaired) electrons. The topological polar surface area (TPSA) is 41.1 Å². The average molecular weight is 252 g/mol. The second-order valence-corrected chi connectivity index (χ2v) is 4.61. The SMILES string of the molecule is CCCNCCNC(=O)c1ccc(SC)cc1. The Bertz CT molecular complexity index is 338. The van der Waals surface area contributed by atoms with Gasteiger partial charge >= 0.3 is 0 Å². The lowest BCUT2D eigenvalue weighted by Crippen LogP contribution is -2.32. The molecule has 0 atom stereocenters. The molecule has 1 rings (SSSR count). The Morgan fingerprint density at radius 1 is 1.18 bits per heavy atom. The van der Waals surface area contributed by atoms with Crippen LogP contribution in [-0.2, 0) is 0 Å². The lowest BCUT2D eigenvalue weighted by molar-refractivity contribution is 0.0954. The Balaban J connectivity index is 2.31. The fourth-order valence-electron chi connectivity index (χ4n) is 1.41. The molecule has 0 saturated heterocycles. The summed E-state index contributed by atoms with van der Waals surface area (Å²) in [5.74, 6) is -0.00375. The van der Waals surface area contributed by atoms with Crippen LogP contribution < -0.4 is 10.6 Å². The molecule has 17 heavy (non-hydrogen) atoms. The second kappa shape index (κ2) is 8.14. The fourth-order valence-corrected chi connectivity index (χ4v) is 1.82. The maximum atomic E-state index is 11.7. The summed E-state index contributed by atoms with van der Waals surface area (Å²) >= 11 is 1.67. The summed E-state index contributed by atoms with van der Waals surface area (Å²) in [6.07, 6.45) is 3.14. The van der Waals surface area contributed by atoms with Crippen LogP contribution in [0.4, 0.5) is 0 Å². The van der Waals surface area contributed by atoms with E-state index >= 15 is 0 Å². The molecule has 0 bridgehead atoms. The van der Waals surface area contributed by atoms with Crippen molar-refractivity contribution < 1.29 is 4.79 Å². The Kier molecular flexibility index (Phi) is 6.74. The van der Waals surface area contributed by atoms with E-state index in [9.17, 15) is 4.79 Å². The summed E-state index contributed by atoms with van der Waals surface area (Å²) in [5, 5.41) is 6.13. The van der Waals surface area contributed by atoms with E-state index in [1.165, 1.54) is 4.90 Å². The number of hydrogen-bond donors (Lipinski definition) is 2. The molecular formula is C13H20N2OS. The summed E-state index contributed by atoms with van der Waals surface area (Å²) in [7, 11) is 0. The van der Waals surface area contributed by atoms with Crippen LogP contribution in [0.5, 0.6) is 0 Å². The van der Waals surface area contributed by atoms with Gasteiger partial charge in [0.1, 0.15) is 0 Å². The van der Waals surface area contributed by atoms with E-state index in [4.69, 9.17) is 0 Å². The quantitative estimate of drug-likeness (QED) is 0.577. The predicted molar refractivity (Wildman–Crippen MR) is 73.7 cm³/mol. The van der Waals surface area contributed by atoms with Crippen molar-refractivity contribution in [1.82, 2.24) is 10.6 Å². The molecule has 0 fully saturated rings. The van der Waals surface area contributed by atoms with E-state index in [1.54, 1.807) is 11.8 Å². The number of carbonyl (C=O) groups is 1. The lowest BCUT2D eigenvalue weighted by atomic mass is 10.2. The number of benzene rings is 1. The predicted octanol–water partition coefficient (Wildman–Crippen LogP) is 2.14. The van der Waals surface area contributed by atoms with Crippen LogP contribution in [0.1, 0.15) is 23.7 Å². The molecule has 94 valence electrons. The molecule has 0 aromatic heterocycles. The largest absolute Gasteiger partial charge is 0.351 e. The molecule has 0 heterocycles. The van der Waals surface area contributed by atoms with Crippen LogP contribution in [-0.4, -0.2) is 31.8 Å². The van der Waals surface area contributed by atoms with E-state index < -0.39 is 0 Å². The molecule has 1 aromatic rings. The third kappa shape index (κ3) is 5.24. The van der Waals surface area contributed by atoms with Gasteiger partial charge in [-0.1, -0.05) is 6.92 Å². The van der Waals surface area contributed by atoms with E-state index in [0.29, 0.717) is 6.54 Å². The van der Waals surface area contributed by atoms with Gasteiger partial charge in [0.2, 0.25) is 0 Å². The Morgan fingerprint density at radius 3 is 2.47 bits per heavy atom. The standard InChI is InChI=1S/C13H20N2OS/c1-3-8-14-9-10-15-13(16)11-4-6-12(17-2)7-5-11/h4-7,14H,3,8-10H2,1-2H3,(H,15,16). The summed E-state index contributed by atoms with van der Waals surface area (Å²) in [6, 6.07) is 7.66. The molecule has 0 saturated carbocycles. The minimum Gasteiger partial charge on any atom is -0.351 e. The molecule has 1 aromatic carbocycles. The first-order chi connectivity index (χ1) is 8.27. The first-order valence-corrected chi connectivity index (χ1v) is 7.13. The van der Waals surface area contributed by atoms with Crippen molar-refractivity contribution in [3.8, 4) is 0 Å². The van der Waals surface area contributed by atoms with Gasteiger partial charge < -0.3 is 10.6 Å². The molecule has 2 N–H and O–H groups in total. The fraction of sp³-hybridized carbons (Fsp3) is 0.462. The van der Waals surface area contributed by atoms with Gasteiger partial charge in [0.05, 0.1) is 0 Å². The van der Waals surface area contributed by atoms with Crippen molar-refractivity contribution in [2.45, 2.75) is 18.2 Å². The third-order valence-electron chi connectivity index (χ3n) is 2.37. The summed E-state index contributed by atoms with van der Waals surface area (Å²) in [4.78, 5) is 12.9. The van der Waals surface area contributed by atoms with Crippen LogP contribution >= 0.6 is 11.8 Å². The summed E-state index contributed by atoms with van der Waals surface area (Å²) in [5.41, 5.74) is 0.721. The number of carbonyl (C=O) groups excluding carboxylic acids is 1. The van der Waals surface area contributed by atoms with Gasteiger partial charge in [-0.3, -0.25) is 4.79 Å². The molecule has 0 spiro atoms. The highest BCUT2D eigenvalue weighted by Gasteiger charge is 2.03. The van der Waals surface area contributed by atoms with Crippen molar-refractivity contribution in [1.29, 1.82) is 0 Å². The molecule has 1 amide bonds. The van der Waals surface area contributed by atoms with E-state index in [2.05, 4.69) is 17.6 Å². The van der Waals surface area contributed by atoms with Gasteiger partial charge in [0.25, 0.3) is 5.91 Å². The van der Waals surface area contributed by atoms with Gasteiger partial charge in [0.15, 0.2) is 0 Å². The minimum absolute atomic E-state index is 0.00375. The van der Waals surface area contributed by atoms with Gasteiger partial charge in [-0.2, -0.15) is 0 Å². The van der Waals surface area contributed by atoms with E-state index in [-0.39, 0.29) is 5.91 Å². The van der Waals surface area contributed by atoms with Crippen molar-refractivity contribution in [3.63, 3.8) is 0 Å². The van der Waals surface area contributed by atoms with E-state index in [1.807, 2.05) is 30.5 Å². The number of thioether (sulfide) groups is 1. The number of nitrogens with one attached hydrogen (secondary N) is 2. The van der Waals surface area contributed by atoms with Gasteiger partial charge in [-0.25, -0.2) is 0 Å². The van der Waals surface area contributed by atoms with Crippen LogP contribution in [0, 0.1) is 0 Å². The summed E-state index contributed by atoms with van der Waals surface area (Å²) < 4.78 is 0. The van der Waals surface area contributed by atoms with Crippen LogP contribution in [0.25, 0.3) is 0 Å². The first kappa shape index (κ1) is 14.1. The summed E-state index contributed by atoms with van der Waals surface area (Å²) in [6.45, 7) is 4.61. The highest BCUT2D eigenvalue weighted by Crippen LogP contribution is 2.14. The zero-order valence-electron chi connectivity index (χ0n) is 10.5. The molecule has 0 aliphatic heterocycles. The normalized spacial score (nSPS) is 10.2. The van der Waals surface area contributed by atoms with Crippen LogP contribution in [0.3, 0.4) is 0 Å². The molecular weight excluding hydrogens is 232 g/mol. The van der Waals surface area contributed by atoms with Gasteiger partial charge in [-0.15, -0.1) is 11.8 Å². The molecule has 4 heteroatoms. The average Bonchev–Trinajstić information content (AvgIpc) is 2.38. The number of rotatable bonds is 7. The van der Waals surface area contributed by atoms with Crippen molar-refractivity contribution in [2.24, 2.45) is 0 Å². The van der Waals surface area contributed by atoms with Gasteiger partial charge in [-0.05, 0) is 43.5 Å². The third-order valence-corrected chi connectivity index (χ3v) is 3.11.